The van der Waals surface area contributed by atoms with E-state index in [1.54, 1.807) is 0 Å². The van der Waals surface area contributed by atoms with Crippen molar-refractivity contribution in [2.75, 3.05) is 4.90 Å². The molecular weight excluding hydrogens is 320 g/mol. The Kier molecular flexibility index (Phi) is 4.20. The summed E-state index contributed by atoms with van der Waals surface area (Å²) in [5.41, 5.74) is 4.60. The Labute approximate surface area is 144 Å². The van der Waals surface area contributed by atoms with Crippen molar-refractivity contribution in [1.82, 2.24) is 4.37 Å². The first-order chi connectivity index (χ1) is 11.4. The lowest BCUT2D eigenvalue weighted by Crippen LogP contribution is -2.33. The first-order valence-electron chi connectivity index (χ1n) is 7.67. The number of aromatic nitrogens is 1. The molecule has 4 nitrogen and oxygen atoms in total. The number of hydrogen-bond donors (Lipinski definition) is 0. The monoisotopic (exact) mass is 338 g/mol. The predicted octanol–water partition coefficient (Wildman–Crippen LogP) is 4.48. The van der Waals surface area contributed by atoms with E-state index >= 15 is 0 Å². The minimum absolute atomic E-state index is 0.294. The molecule has 1 heterocycles. The van der Waals surface area contributed by atoms with E-state index in [2.05, 4.69) is 10.4 Å². The minimum atomic E-state index is -0.294. The van der Waals surface area contributed by atoms with Crippen LogP contribution in [0.2, 0.25) is 0 Å². The third-order valence-electron chi connectivity index (χ3n) is 3.90. The maximum Gasteiger partial charge on any atom is 0.230 e. The van der Waals surface area contributed by atoms with Crippen molar-refractivity contribution in [3.63, 3.8) is 0 Å². The highest BCUT2D eigenvalue weighted by Gasteiger charge is 2.22. The molecule has 0 saturated carbocycles. The Bertz CT molecular complexity index is 945. The van der Waals surface area contributed by atoms with Gasteiger partial charge >= 0.3 is 0 Å². The zero-order valence-electron chi connectivity index (χ0n) is 14.1. The van der Waals surface area contributed by atoms with Gasteiger partial charge in [0.15, 0.2) is 0 Å². The molecule has 0 saturated heterocycles. The molecule has 122 valence electrons. The number of aryl methyl sites for hydroxylation is 2. The van der Waals surface area contributed by atoms with Gasteiger partial charge in [-0.3, -0.25) is 14.5 Å². The maximum absolute atomic E-state index is 12.0. The van der Waals surface area contributed by atoms with Gasteiger partial charge in [-0.2, -0.15) is 4.37 Å². The third-order valence-corrected chi connectivity index (χ3v) is 4.81. The number of benzene rings is 2. The Morgan fingerprint density at radius 1 is 0.958 bits per heavy atom. The SMILES string of the molecule is CC(=O)N(C(C)=O)c1ccc(C)cc1-c1snc2ccc(C)cc12. The maximum atomic E-state index is 12.0. The van der Waals surface area contributed by atoms with Crippen LogP contribution < -0.4 is 4.90 Å². The van der Waals surface area contributed by atoms with Gasteiger partial charge in [0.1, 0.15) is 0 Å². The van der Waals surface area contributed by atoms with Crippen LogP contribution in [0.15, 0.2) is 36.4 Å². The van der Waals surface area contributed by atoms with Crippen LogP contribution in [0.4, 0.5) is 5.69 Å². The fraction of sp³-hybridized carbons (Fsp3) is 0.211. The van der Waals surface area contributed by atoms with Crippen LogP contribution in [-0.2, 0) is 9.59 Å². The summed E-state index contributed by atoms with van der Waals surface area (Å²) in [6, 6.07) is 11.9. The Balaban J connectivity index is 2.30. The molecule has 1 aromatic heterocycles. The van der Waals surface area contributed by atoms with E-state index < -0.39 is 0 Å². The molecular formula is C19H18N2O2S. The molecule has 0 bridgehead atoms. The summed E-state index contributed by atoms with van der Waals surface area (Å²) in [6.07, 6.45) is 0. The van der Waals surface area contributed by atoms with Crippen LogP contribution in [0.1, 0.15) is 25.0 Å². The standard InChI is InChI=1S/C19H18N2O2S/c1-11-5-7-17-15(9-11)19(24-20-17)16-10-12(2)6-8-18(16)21(13(3)22)14(4)23/h5-10H,1-4H3. The van der Waals surface area contributed by atoms with E-state index in [9.17, 15) is 9.59 Å². The molecule has 5 heteroatoms. The molecule has 0 radical (unpaired) electrons. The summed E-state index contributed by atoms with van der Waals surface area (Å²) in [5, 5.41) is 1.04. The number of fused-ring (bicyclic) bond motifs is 1. The van der Waals surface area contributed by atoms with Crippen LogP contribution >= 0.6 is 11.5 Å². The van der Waals surface area contributed by atoms with E-state index in [0.29, 0.717) is 5.69 Å². The van der Waals surface area contributed by atoms with E-state index in [1.807, 2.05) is 44.2 Å². The van der Waals surface area contributed by atoms with Gasteiger partial charge in [0.25, 0.3) is 0 Å². The molecule has 0 aliphatic rings. The molecule has 0 atom stereocenters. The molecule has 0 N–H and O–H groups in total. The molecule has 2 amide bonds. The van der Waals surface area contributed by atoms with Gasteiger partial charge in [-0.1, -0.05) is 23.3 Å². The van der Waals surface area contributed by atoms with E-state index in [-0.39, 0.29) is 11.8 Å². The summed E-state index contributed by atoms with van der Waals surface area (Å²) >= 11 is 1.39. The predicted molar refractivity (Wildman–Crippen MR) is 98.4 cm³/mol. The topological polar surface area (TPSA) is 50.3 Å². The molecule has 3 rings (SSSR count). The van der Waals surface area contributed by atoms with Crippen molar-refractivity contribution in [2.24, 2.45) is 0 Å². The first-order valence-corrected chi connectivity index (χ1v) is 8.44. The van der Waals surface area contributed by atoms with Crippen LogP contribution in [0.25, 0.3) is 21.3 Å². The quantitative estimate of drug-likeness (QED) is 0.692. The number of imide groups is 1. The van der Waals surface area contributed by atoms with Crippen molar-refractivity contribution in [2.45, 2.75) is 27.7 Å². The number of carbonyl (C=O) groups is 2. The van der Waals surface area contributed by atoms with Crippen molar-refractivity contribution >= 4 is 39.9 Å². The van der Waals surface area contributed by atoms with Gasteiger partial charge in [-0.15, -0.1) is 0 Å². The van der Waals surface area contributed by atoms with Crippen molar-refractivity contribution in [1.29, 1.82) is 0 Å². The average Bonchev–Trinajstić information content (AvgIpc) is 2.91. The second kappa shape index (κ2) is 6.17. The summed E-state index contributed by atoms with van der Waals surface area (Å²) in [6.45, 7) is 6.84. The number of nitrogens with zero attached hydrogens (tertiary/aromatic N) is 2. The molecule has 0 aliphatic carbocycles. The van der Waals surface area contributed by atoms with E-state index in [1.165, 1.54) is 30.3 Å². The highest BCUT2D eigenvalue weighted by molar-refractivity contribution is 7.11. The van der Waals surface area contributed by atoms with Gasteiger partial charge in [-0.05, 0) is 49.6 Å². The smallest absolute Gasteiger partial charge is 0.230 e. The van der Waals surface area contributed by atoms with Crippen LogP contribution in [0, 0.1) is 13.8 Å². The minimum Gasteiger partial charge on any atom is -0.274 e. The van der Waals surface area contributed by atoms with Crippen molar-refractivity contribution < 1.29 is 9.59 Å². The first kappa shape index (κ1) is 16.3. The molecule has 0 spiro atoms. The number of carbonyl (C=O) groups excluding carboxylic acids is 2. The Hall–Kier alpha value is -2.53. The molecule has 0 aliphatic heterocycles. The van der Waals surface area contributed by atoms with Crippen LogP contribution in [-0.4, -0.2) is 16.2 Å². The normalized spacial score (nSPS) is 10.8. The lowest BCUT2D eigenvalue weighted by Gasteiger charge is -2.21. The molecule has 0 unspecified atom stereocenters. The fourth-order valence-electron chi connectivity index (χ4n) is 2.84. The second-order valence-corrected chi connectivity index (χ2v) is 6.70. The van der Waals surface area contributed by atoms with Gasteiger partial charge in [0, 0.05) is 24.8 Å². The molecule has 2 aromatic carbocycles. The molecule has 0 fully saturated rings. The van der Waals surface area contributed by atoms with Crippen molar-refractivity contribution in [3.05, 3.63) is 47.5 Å². The van der Waals surface area contributed by atoms with Gasteiger partial charge < -0.3 is 0 Å². The van der Waals surface area contributed by atoms with Gasteiger partial charge in [0.2, 0.25) is 11.8 Å². The summed E-state index contributed by atoms with van der Waals surface area (Å²) in [5.74, 6) is -0.588. The zero-order valence-corrected chi connectivity index (χ0v) is 14.9. The second-order valence-electron chi connectivity index (χ2n) is 5.93. The zero-order chi connectivity index (χ0) is 17.4. The Morgan fingerprint density at radius 2 is 1.58 bits per heavy atom. The summed E-state index contributed by atoms with van der Waals surface area (Å²) in [4.78, 5) is 26.2. The number of anilines is 1. The largest absolute Gasteiger partial charge is 0.274 e. The lowest BCUT2D eigenvalue weighted by molar-refractivity contribution is -0.124. The number of amides is 2. The summed E-state index contributed by atoms with van der Waals surface area (Å²) in [7, 11) is 0. The Morgan fingerprint density at radius 3 is 2.25 bits per heavy atom. The van der Waals surface area contributed by atoms with E-state index in [0.717, 1.165) is 32.5 Å². The van der Waals surface area contributed by atoms with Gasteiger partial charge in [-0.25, -0.2) is 0 Å². The number of rotatable bonds is 2. The summed E-state index contributed by atoms with van der Waals surface area (Å²) < 4.78 is 4.51. The number of hydrogen-bond acceptors (Lipinski definition) is 4. The highest BCUT2D eigenvalue weighted by atomic mass is 32.1. The van der Waals surface area contributed by atoms with Crippen LogP contribution in [0.5, 0.6) is 0 Å². The average molecular weight is 338 g/mol. The van der Waals surface area contributed by atoms with Crippen molar-refractivity contribution in [3.8, 4) is 10.4 Å². The highest BCUT2D eigenvalue weighted by Crippen LogP contribution is 2.39. The van der Waals surface area contributed by atoms with Gasteiger partial charge in [0.05, 0.1) is 16.1 Å². The lowest BCUT2D eigenvalue weighted by atomic mass is 10.0. The van der Waals surface area contributed by atoms with Crippen LogP contribution in [0.3, 0.4) is 0 Å². The molecule has 24 heavy (non-hydrogen) atoms. The van der Waals surface area contributed by atoms with E-state index in [4.69, 9.17) is 0 Å². The molecule has 3 aromatic rings. The third kappa shape index (κ3) is 2.83. The fourth-order valence-corrected chi connectivity index (χ4v) is 3.71.